The maximum atomic E-state index is 2.47. The van der Waals surface area contributed by atoms with E-state index >= 15 is 0 Å². The van der Waals surface area contributed by atoms with Gasteiger partial charge in [-0.05, 0) is 80.7 Å². The fourth-order valence-electron chi connectivity index (χ4n) is 5.35. The fourth-order valence-corrected chi connectivity index (χ4v) is 6.48. The predicted octanol–water partition coefficient (Wildman–Crippen LogP) is 9.40. The zero-order chi connectivity index (χ0) is 25.4. The molecule has 0 amide bonds. The molecule has 0 heterocycles. The molecule has 0 aliphatic carbocycles. The van der Waals surface area contributed by atoms with Gasteiger partial charge in [-0.1, -0.05) is 110 Å². The molecule has 0 fully saturated rings. The molecule has 37 heavy (non-hydrogen) atoms. The number of hydrogen-bond acceptors (Lipinski definition) is 1. The van der Waals surface area contributed by atoms with Crippen LogP contribution in [0.3, 0.4) is 0 Å². The van der Waals surface area contributed by atoms with E-state index in [1.54, 1.807) is 0 Å². The van der Waals surface area contributed by atoms with Crippen LogP contribution >= 0.6 is 0 Å². The van der Waals surface area contributed by atoms with E-state index in [0.29, 0.717) is 0 Å². The highest BCUT2D eigenvalue weighted by atomic mass is 28.3. The number of nitrogens with zero attached hydrogens (tertiary/aromatic N) is 1. The van der Waals surface area contributed by atoms with Crippen LogP contribution in [0.2, 0.25) is 13.1 Å². The van der Waals surface area contributed by atoms with Crippen LogP contribution in [0.1, 0.15) is 5.56 Å². The molecule has 179 valence electrons. The standard InChI is InChI=1S/C35H30NSi/c1-25-23-29(26-11-5-4-6-12-26)20-22-33(25)36(34-15-9-10-16-35(34)37(2)3)30-21-19-28-18-17-27-13-7-8-14-31(27)32(28)24-30/h4-24H,1-3H3. The molecule has 6 aromatic carbocycles. The Bertz CT molecular complexity index is 1720. The molecule has 0 aliphatic heterocycles. The van der Waals surface area contributed by atoms with Gasteiger partial charge in [0.2, 0.25) is 0 Å². The van der Waals surface area contributed by atoms with E-state index in [1.807, 2.05) is 0 Å². The van der Waals surface area contributed by atoms with Gasteiger partial charge in [0.15, 0.2) is 0 Å². The average molecular weight is 493 g/mol. The Balaban J connectivity index is 1.59. The van der Waals surface area contributed by atoms with Gasteiger partial charge in [0.25, 0.3) is 0 Å². The van der Waals surface area contributed by atoms with Crippen LogP contribution in [0.5, 0.6) is 0 Å². The van der Waals surface area contributed by atoms with Crippen molar-refractivity contribution in [2.75, 3.05) is 4.90 Å². The lowest BCUT2D eigenvalue weighted by Gasteiger charge is -2.30. The normalized spacial score (nSPS) is 11.4. The van der Waals surface area contributed by atoms with Crippen molar-refractivity contribution in [3.8, 4) is 11.1 Å². The third kappa shape index (κ3) is 4.34. The molecule has 0 saturated carbocycles. The van der Waals surface area contributed by atoms with Crippen molar-refractivity contribution in [3.05, 3.63) is 133 Å². The van der Waals surface area contributed by atoms with Crippen LogP contribution in [0.25, 0.3) is 32.7 Å². The summed E-state index contributed by atoms with van der Waals surface area (Å²) in [4.78, 5) is 2.47. The number of hydrogen-bond donors (Lipinski definition) is 0. The first-order valence-electron chi connectivity index (χ1n) is 12.9. The average Bonchev–Trinajstić information content (AvgIpc) is 2.94. The number of anilines is 3. The van der Waals surface area contributed by atoms with Gasteiger partial charge in [-0.2, -0.15) is 0 Å². The summed E-state index contributed by atoms with van der Waals surface area (Å²) < 4.78 is 0. The molecule has 0 saturated heterocycles. The van der Waals surface area contributed by atoms with Crippen LogP contribution in [-0.2, 0) is 0 Å². The van der Waals surface area contributed by atoms with E-state index in [9.17, 15) is 0 Å². The first kappa shape index (κ1) is 23.3. The van der Waals surface area contributed by atoms with E-state index in [1.165, 1.54) is 60.5 Å². The monoisotopic (exact) mass is 492 g/mol. The number of aryl methyl sites for hydroxylation is 1. The molecule has 0 aliphatic rings. The third-order valence-electron chi connectivity index (χ3n) is 7.22. The SMILES string of the molecule is Cc1cc(-c2ccccc2)ccc1N(c1ccc2ccc3ccccc3c2c1)c1ccccc1[Si](C)C. The van der Waals surface area contributed by atoms with E-state index in [-0.39, 0.29) is 0 Å². The second-order valence-corrected chi connectivity index (χ2v) is 12.5. The number of para-hydroxylation sites is 1. The Kier molecular flexibility index (Phi) is 6.11. The Morgan fingerprint density at radius 2 is 1.19 bits per heavy atom. The highest BCUT2D eigenvalue weighted by Crippen LogP contribution is 2.39. The number of rotatable bonds is 5. The summed E-state index contributed by atoms with van der Waals surface area (Å²) in [5.74, 6) is 0. The number of benzene rings is 6. The van der Waals surface area contributed by atoms with Crippen molar-refractivity contribution >= 4 is 52.6 Å². The Morgan fingerprint density at radius 1 is 0.514 bits per heavy atom. The van der Waals surface area contributed by atoms with Gasteiger partial charge in [-0.15, -0.1) is 0 Å². The summed E-state index contributed by atoms with van der Waals surface area (Å²) >= 11 is 0. The molecule has 1 radical (unpaired) electrons. The van der Waals surface area contributed by atoms with Gasteiger partial charge in [0.1, 0.15) is 0 Å². The van der Waals surface area contributed by atoms with Crippen LogP contribution < -0.4 is 10.1 Å². The Labute approximate surface area is 221 Å². The van der Waals surface area contributed by atoms with Gasteiger partial charge in [-0.3, -0.25) is 0 Å². The van der Waals surface area contributed by atoms with E-state index < -0.39 is 8.80 Å². The van der Waals surface area contributed by atoms with Crippen molar-refractivity contribution in [2.45, 2.75) is 20.0 Å². The van der Waals surface area contributed by atoms with Gasteiger partial charge >= 0.3 is 0 Å². The smallest absolute Gasteiger partial charge is 0.0819 e. The maximum Gasteiger partial charge on any atom is 0.0819 e. The first-order chi connectivity index (χ1) is 18.1. The lowest BCUT2D eigenvalue weighted by atomic mass is 9.99. The maximum absolute atomic E-state index is 2.47. The Hall–Kier alpha value is -4.14. The highest BCUT2D eigenvalue weighted by Gasteiger charge is 2.20. The van der Waals surface area contributed by atoms with Crippen LogP contribution in [0.15, 0.2) is 127 Å². The molecular formula is C35H30NSi. The molecule has 0 aromatic heterocycles. The molecule has 6 rings (SSSR count). The summed E-state index contributed by atoms with van der Waals surface area (Å²) in [5, 5.41) is 6.56. The molecule has 1 nitrogen and oxygen atoms in total. The molecule has 0 N–H and O–H groups in total. The van der Waals surface area contributed by atoms with E-state index in [4.69, 9.17) is 0 Å². The topological polar surface area (TPSA) is 3.24 Å². The van der Waals surface area contributed by atoms with E-state index in [0.717, 1.165) is 0 Å². The lowest BCUT2D eigenvalue weighted by molar-refractivity contribution is 1.26. The van der Waals surface area contributed by atoms with Gasteiger partial charge in [0, 0.05) is 17.1 Å². The van der Waals surface area contributed by atoms with Gasteiger partial charge in [-0.25, -0.2) is 0 Å². The van der Waals surface area contributed by atoms with Gasteiger partial charge < -0.3 is 4.90 Å². The Morgan fingerprint density at radius 3 is 1.97 bits per heavy atom. The summed E-state index contributed by atoms with van der Waals surface area (Å²) in [6.07, 6.45) is 0. The van der Waals surface area contributed by atoms with Gasteiger partial charge in [0.05, 0.1) is 8.80 Å². The van der Waals surface area contributed by atoms with Crippen molar-refractivity contribution < 1.29 is 0 Å². The van der Waals surface area contributed by atoms with Crippen molar-refractivity contribution in [3.63, 3.8) is 0 Å². The summed E-state index contributed by atoms with van der Waals surface area (Å²) in [5.41, 5.74) is 7.43. The number of fused-ring (bicyclic) bond motifs is 3. The molecule has 0 spiro atoms. The van der Waals surface area contributed by atoms with Crippen LogP contribution in [-0.4, -0.2) is 8.80 Å². The van der Waals surface area contributed by atoms with Crippen LogP contribution in [0, 0.1) is 6.92 Å². The second-order valence-electron chi connectivity index (χ2n) is 9.91. The molecular weight excluding hydrogens is 462 g/mol. The quantitative estimate of drug-likeness (QED) is 0.171. The molecule has 0 bridgehead atoms. The minimum Gasteiger partial charge on any atom is -0.310 e. The minimum absolute atomic E-state index is 0.682. The largest absolute Gasteiger partial charge is 0.310 e. The molecule has 0 atom stereocenters. The first-order valence-corrected chi connectivity index (χ1v) is 15.4. The van der Waals surface area contributed by atoms with Crippen molar-refractivity contribution in [2.24, 2.45) is 0 Å². The second kappa shape index (κ2) is 9.72. The van der Waals surface area contributed by atoms with Crippen molar-refractivity contribution in [1.29, 1.82) is 0 Å². The fraction of sp³-hybridized carbons (Fsp3) is 0.0857. The predicted molar refractivity (Wildman–Crippen MR) is 163 cm³/mol. The third-order valence-corrected chi connectivity index (χ3v) is 8.72. The highest BCUT2D eigenvalue weighted by molar-refractivity contribution is 6.72. The summed E-state index contributed by atoms with van der Waals surface area (Å²) in [6, 6.07) is 46.5. The minimum atomic E-state index is -0.682. The molecule has 6 aromatic rings. The van der Waals surface area contributed by atoms with E-state index in [2.05, 4.69) is 152 Å². The summed E-state index contributed by atoms with van der Waals surface area (Å²) in [7, 11) is -0.682. The zero-order valence-corrected chi connectivity index (χ0v) is 22.6. The summed E-state index contributed by atoms with van der Waals surface area (Å²) in [6.45, 7) is 6.99. The van der Waals surface area contributed by atoms with Crippen LogP contribution in [0.4, 0.5) is 17.1 Å². The lowest BCUT2D eigenvalue weighted by Crippen LogP contribution is -2.29. The zero-order valence-electron chi connectivity index (χ0n) is 21.6. The van der Waals surface area contributed by atoms with Crippen molar-refractivity contribution in [1.82, 2.24) is 0 Å². The molecule has 0 unspecified atom stereocenters. The molecule has 2 heteroatoms.